The van der Waals surface area contributed by atoms with E-state index in [-0.39, 0.29) is 10.9 Å². The predicted octanol–water partition coefficient (Wildman–Crippen LogP) is 4.10. The maximum Gasteiger partial charge on any atom is 0.270 e. The molecule has 1 heterocycles. The summed E-state index contributed by atoms with van der Waals surface area (Å²) in [7, 11) is -2.56. The lowest BCUT2D eigenvalue weighted by Crippen LogP contribution is -2.40. The van der Waals surface area contributed by atoms with E-state index in [0.717, 1.165) is 5.56 Å². The zero-order chi connectivity index (χ0) is 21.3. The van der Waals surface area contributed by atoms with E-state index in [1.54, 1.807) is 12.1 Å². The van der Waals surface area contributed by atoms with Gasteiger partial charge in [-0.1, -0.05) is 78.9 Å². The summed E-state index contributed by atoms with van der Waals surface area (Å²) in [6.45, 7) is 1.84. The first-order valence-corrected chi connectivity index (χ1v) is 11.1. The Bertz CT molecular complexity index is 1220. The SMILES string of the molecule is C[C@@H](NC(=O)C1=C(c2ccccc2)c2ccccc2N(C)S1(=O)=O)c1ccccc1. The Hall–Kier alpha value is -3.38. The van der Waals surface area contributed by atoms with Crippen molar-refractivity contribution < 1.29 is 13.2 Å². The van der Waals surface area contributed by atoms with Crippen molar-refractivity contribution in [3.8, 4) is 0 Å². The second-order valence-corrected chi connectivity index (χ2v) is 9.07. The molecule has 0 unspecified atom stereocenters. The van der Waals surface area contributed by atoms with Crippen LogP contribution in [-0.4, -0.2) is 21.4 Å². The molecule has 4 rings (SSSR count). The zero-order valence-corrected chi connectivity index (χ0v) is 17.6. The molecule has 0 saturated carbocycles. The second-order valence-electron chi connectivity index (χ2n) is 7.17. The van der Waals surface area contributed by atoms with Gasteiger partial charge in [-0.3, -0.25) is 9.10 Å². The molecule has 0 saturated heterocycles. The third-order valence-corrected chi connectivity index (χ3v) is 7.10. The Morgan fingerprint density at radius 3 is 2.10 bits per heavy atom. The maximum absolute atomic E-state index is 13.4. The van der Waals surface area contributed by atoms with Crippen LogP contribution in [-0.2, 0) is 14.8 Å². The molecule has 1 amide bonds. The van der Waals surface area contributed by atoms with Crippen LogP contribution in [0.15, 0.2) is 89.8 Å². The van der Waals surface area contributed by atoms with Gasteiger partial charge in [-0.05, 0) is 24.1 Å². The third kappa shape index (κ3) is 3.39. The lowest BCUT2D eigenvalue weighted by atomic mass is 9.95. The number of fused-ring (bicyclic) bond motifs is 1. The zero-order valence-electron chi connectivity index (χ0n) is 16.7. The van der Waals surface area contributed by atoms with Crippen molar-refractivity contribution in [1.82, 2.24) is 5.32 Å². The fraction of sp³-hybridized carbons (Fsp3) is 0.125. The highest BCUT2D eigenvalue weighted by Crippen LogP contribution is 2.42. The van der Waals surface area contributed by atoms with E-state index in [9.17, 15) is 13.2 Å². The summed E-state index contributed by atoms with van der Waals surface area (Å²) < 4.78 is 28.0. The van der Waals surface area contributed by atoms with Crippen molar-refractivity contribution in [3.05, 3.63) is 107 Å². The van der Waals surface area contributed by atoms with Gasteiger partial charge in [0.15, 0.2) is 4.91 Å². The van der Waals surface area contributed by atoms with Gasteiger partial charge in [-0.2, -0.15) is 0 Å². The van der Waals surface area contributed by atoms with Gasteiger partial charge < -0.3 is 5.32 Å². The van der Waals surface area contributed by atoms with Crippen LogP contribution in [0, 0.1) is 0 Å². The number of nitrogens with zero attached hydrogens (tertiary/aromatic N) is 1. The van der Waals surface area contributed by atoms with Crippen LogP contribution in [0.2, 0.25) is 0 Å². The van der Waals surface area contributed by atoms with E-state index >= 15 is 0 Å². The first-order chi connectivity index (χ1) is 14.4. The molecule has 3 aromatic rings. The molecule has 3 aromatic carbocycles. The van der Waals surface area contributed by atoms with Gasteiger partial charge >= 0.3 is 0 Å². The van der Waals surface area contributed by atoms with E-state index in [1.807, 2.05) is 79.7 Å². The molecule has 0 fully saturated rings. The summed E-state index contributed by atoms with van der Waals surface area (Å²) in [6.07, 6.45) is 0. The second kappa shape index (κ2) is 7.80. The maximum atomic E-state index is 13.4. The number of hydrogen-bond acceptors (Lipinski definition) is 3. The van der Waals surface area contributed by atoms with Crippen LogP contribution in [0.5, 0.6) is 0 Å². The molecule has 0 bridgehead atoms. The average molecular weight is 419 g/mol. The predicted molar refractivity (Wildman–Crippen MR) is 119 cm³/mol. The number of hydrogen-bond donors (Lipinski definition) is 1. The van der Waals surface area contributed by atoms with Crippen molar-refractivity contribution in [2.75, 3.05) is 11.4 Å². The van der Waals surface area contributed by atoms with E-state index in [4.69, 9.17) is 0 Å². The molecule has 152 valence electrons. The van der Waals surface area contributed by atoms with E-state index in [2.05, 4.69) is 5.32 Å². The van der Waals surface area contributed by atoms with Crippen LogP contribution in [0.25, 0.3) is 5.57 Å². The lowest BCUT2D eigenvalue weighted by Gasteiger charge is -2.31. The van der Waals surface area contributed by atoms with Gasteiger partial charge in [0.1, 0.15) is 0 Å². The summed E-state index contributed by atoms with van der Waals surface area (Å²) in [6, 6.07) is 25.5. The van der Waals surface area contributed by atoms with Gasteiger partial charge in [0.05, 0.1) is 11.7 Å². The van der Waals surface area contributed by atoms with Crippen molar-refractivity contribution in [2.45, 2.75) is 13.0 Å². The summed E-state index contributed by atoms with van der Waals surface area (Å²) >= 11 is 0. The molecule has 1 aliphatic heterocycles. The summed E-state index contributed by atoms with van der Waals surface area (Å²) in [5.74, 6) is -0.619. The summed E-state index contributed by atoms with van der Waals surface area (Å²) in [5, 5.41) is 2.87. The van der Waals surface area contributed by atoms with Crippen molar-refractivity contribution in [1.29, 1.82) is 0 Å². The third-order valence-electron chi connectivity index (χ3n) is 5.27. The average Bonchev–Trinajstić information content (AvgIpc) is 2.77. The van der Waals surface area contributed by atoms with Crippen molar-refractivity contribution >= 4 is 27.2 Å². The number of anilines is 1. The highest BCUT2D eigenvalue weighted by atomic mass is 32.2. The molecule has 30 heavy (non-hydrogen) atoms. The molecular weight excluding hydrogens is 396 g/mol. The van der Waals surface area contributed by atoms with Gasteiger partial charge in [-0.25, -0.2) is 8.42 Å². The number of carbonyl (C=O) groups is 1. The standard InChI is InChI=1S/C24H22N2O3S/c1-17(18-11-5-3-6-12-18)25-24(27)23-22(19-13-7-4-8-14-19)20-15-9-10-16-21(20)26(2)30(23,28)29/h3-17H,1-2H3,(H,25,27)/t17-/m1/s1. The quantitative estimate of drug-likeness (QED) is 0.694. The topological polar surface area (TPSA) is 66.5 Å². The number of benzene rings is 3. The van der Waals surface area contributed by atoms with Gasteiger partial charge in [0, 0.05) is 18.2 Å². The molecule has 1 atom stereocenters. The van der Waals surface area contributed by atoms with E-state index in [1.165, 1.54) is 11.4 Å². The minimum absolute atomic E-state index is 0.238. The first kappa shape index (κ1) is 19.9. The number of para-hydroxylation sites is 1. The molecule has 1 aliphatic rings. The number of amides is 1. The van der Waals surface area contributed by atoms with Gasteiger partial charge in [0.25, 0.3) is 15.9 Å². The van der Waals surface area contributed by atoms with Crippen molar-refractivity contribution in [2.24, 2.45) is 0 Å². The minimum Gasteiger partial charge on any atom is -0.345 e. The molecule has 0 radical (unpaired) electrons. The first-order valence-electron chi connectivity index (χ1n) is 9.65. The van der Waals surface area contributed by atoms with Crippen LogP contribution >= 0.6 is 0 Å². The molecule has 6 heteroatoms. The van der Waals surface area contributed by atoms with Gasteiger partial charge in [-0.15, -0.1) is 0 Å². The Morgan fingerprint density at radius 1 is 0.867 bits per heavy atom. The number of sulfonamides is 1. The number of carbonyl (C=O) groups excluding carboxylic acids is 1. The Labute approximate surface area is 176 Å². The Morgan fingerprint density at radius 2 is 1.43 bits per heavy atom. The number of rotatable bonds is 4. The highest BCUT2D eigenvalue weighted by Gasteiger charge is 2.39. The monoisotopic (exact) mass is 418 g/mol. The number of nitrogens with one attached hydrogen (secondary N) is 1. The van der Waals surface area contributed by atoms with Crippen LogP contribution in [0.1, 0.15) is 29.7 Å². The minimum atomic E-state index is -4.04. The molecule has 5 nitrogen and oxygen atoms in total. The smallest absolute Gasteiger partial charge is 0.270 e. The fourth-order valence-electron chi connectivity index (χ4n) is 3.69. The molecule has 0 aliphatic carbocycles. The molecule has 1 N–H and O–H groups in total. The molecular formula is C24H22N2O3S. The van der Waals surface area contributed by atoms with E-state index < -0.39 is 15.9 Å². The molecule has 0 spiro atoms. The van der Waals surface area contributed by atoms with Crippen molar-refractivity contribution in [3.63, 3.8) is 0 Å². The summed E-state index contributed by atoms with van der Waals surface area (Å²) in [4.78, 5) is 13.1. The van der Waals surface area contributed by atoms with E-state index in [0.29, 0.717) is 22.4 Å². The largest absolute Gasteiger partial charge is 0.345 e. The Kier molecular flexibility index (Phi) is 5.18. The van der Waals surface area contributed by atoms with Gasteiger partial charge in [0.2, 0.25) is 0 Å². The lowest BCUT2D eigenvalue weighted by molar-refractivity contribution is -0.117. The van der Waals surface area contributed by atoms with Crippen LogP contribution < -0.4 is 9.62 Å². The highest BCUT2D eigenvalue weighted by molar-refractivity contribution is 7.97. The van der Waals surface area contributed by atoms with Crippen LogP contribution in [0.4, 0.5) is 5.69 Å². The Balaban J connectivity index is 1.90. The van der Waals surface area contributed by atoms with Crippen LogP contribution in [0.3, 0.4) is 0 Å². The molecule has 0 aromatic heterocycles. The normalized spacial score (nSPS) is 16.0. The fourth-order valence-corrected chi connectivity index (χ4v) is 5.16. The summed E-state index contributed by atoms with van der Waals surface area (Å²) in [5.41, 5.74) is 3.25.